The van der Waals surface area contributed by atoms with Gasteiger partial charge in [-0.2, -0.15) is 5.10 Å². The Labute approximate surface area is 111 Å². The SMILES string of the molecule is CCn1nc(C)c(Cl)c1CC(=O)CC1OCCO1. The molecule has 1 fully saturated rings. The van der Waals surface area contributed by atoms with Crippen LogP contribution in [0.3, 0.4) is 0 Å². The van der Waals surface area contributed by atoms with Gasteiger partial charge in [-0.05, 0) is 13.8 Å². The topological polar surface area (TPSA) is 53.4 Å². The van der Waals surface area contributed by atoms with E-state index in [1.54, 1.807) is 4.68 Å². The van der Waals surface area contributed by atoms with Crippen molar-refractivity contribution in [3.8, 4) is 0 Å². The van der Waals surface area contributed by atoms with Crippen molar-refractivity contribution in [2.24, 2.45) is 0 Å². The number of hydrogen-bond acceptors (Lipinski definition) is 4. The van der Waals surface area contributed by atoms with Crippen LogP contribution in [-0.2, 0) is 27.2 Å². The summed E-state index contributed by atoms with van der Waals surface area (Å²) < 4.78 is 12.3. The van der Waals surface area contributed by atoms with E-state index < -0.39 is 6.29 Å². The number of aryl methyl sites for hydroxylation is 2. The Balaban J connectivity index is 2.01. The smallest absolute Gasteiger partial charge is 0.164 e. The van der Waals surface area contributed by atoms with Crippen molar-refractivity contribution in [2.45, 2.75) is 39.5 Å². The maximum atomic E-state index is 11.9. The Morgan fingerprint density at radius 1 is 1.50 bits per heavy atom. The second-order valence-corrected chi connectivity index (χ2v) is 4.63. The first-order chi connectivity index (χ1) is 8.61. The fourth-order valence-corrected chi connectivity index (χ4v) is 2.21. The molecule has 6 heteroatoms. The Morgan fingerprint density at radius 3 is 2.78 bits per heavy atom. The molecule has 0 aromatic carbocycles. The van der Waals surface area contributed by atoms with Crippen LogP contribution in [0.1, 0.15) is 24.7 Å². The van der Waals surface area contributed by atoms with Crippen LogP contribution in [0.2, 0.25) is 5.02 Å². The van der Waals surface area contributed by atoms with Crippen LogP contribution < -0.4 is 0 Å². The number of rotatable bonds is 5. The van der Waals surface area contributed by atoms with Crippen LogP contribution in [0.4, 0.5) is 0 Å². The number of carbonyl (C=O) groups is 1. The molecule has 1 aliphatic heterocycles. The van der Waals surface area contributed by atoms with Gasteiger partial charge >= 0.3 is 0 Å². The average molecular weight is 273 g/mol. The zero-order valence-corrected chi connectivity index (χ0v) is 11.4. The second-order valence-electron chi connectivity index (χ2n) is 4.25. The zero-order chi connectivity index (χ0) is 13.1. The summed E-state index contributed by atoms with van der Waals surface area (Å²) in [7, 11) is 0. The lowest BCUT2D eigenvalue weighted by atomic mass is 10.1. The first kappa shape index (κ1) is 13.5. The van der Waals surface area contributed by atoms with E-state index >= 15 is 0 Å². The predicted octanol–water partition coefficient (Wildman–Crippen LogP) is 1.74. The summed E-state index contributed by atoms with van der Waals surface area (Å²) in [5, 5.41) is 4.87. The summed E-state index contributed by atoms with van der Waals surface area (Å²) in [4.78, 5) is 11.9. The van der Waals surface area contributed by atoms with Gasteiger partial charge in [-0.1, -0.05) is 11.6 Å². The maximum Gasteiger partial charge on any atom is 0.164 e. The minimum absolute atomic E-state index is 0.0541. The van der Waals surface area contributed by atoms with E-state index in [0.717, 1.165) is 11.4 Å². The summed E-state index contributed by atoms with van der Waals surface area (Å²) in [6.45, 7) is 5.63. The van der Waals surface area contributed by atoms with Crippen molar-refractivity contribution in [3.05, 3.63) is 16.4 Å². The fraction of sp³-hybridized carbons (Fsp3) is 0.667. The van der Waals surface area contributed by atoms with Crippen molar-refractivity contribution < 1.29 is 14.3 Å². The average Bonchev–Trinajstić information content (AvgIpc) is 2.92. The molecule has 0 atom stereocenters. The van der Waals surface area contributed by atoms with E-state index in [-0.39, 0.29) is 18.6 Å². The molecule has 0 saturated carbocycles. The molecule has 2 heterocycles. The first-order valence-corrected chi connectivity index (χ1v) is 6.46. The third kappa shape index (κ3) is 2.91. The van der Waals surface area contributed by atoms with Gasteiger partial charge in [0, 0.05) is 6.54 Å². The Morgan fingerprint density at radius 2 is 2.17 bits per heavy atom. The van der Waals surface area contributed by atoms with Gasteiger partial charge in [-0.25, -0.2) is 0 Å². The molecule has 1 aromatic rings. The van der Waals surface area contributed by atoms with Crippen LogP contribution in [-0.4, -0.2) is 35.1 Å². The van der Waals surface area contributed by atoms with Crippen molar-refractivity contribution in [2.75, 3.05) is 13.2 Å². The Kier molecular flexibility index (Phi) is 4.37. The van der Waals surface area contributed by atoms with Gasteiger partial charge in [0.15, 0.2) is 6.29 Å². The van der Waals surface area contributed by atoms with E-state index in [1.807, 2.05) is 13.8 Å². The minimum Gasteiger partial charge on any atom is -0.350 e. The lowest BCUT2D eigenvalue weighted by Crippen LogP contribution is -2.17. The molecular weight excluding hydrogens is 256 g/mol. The van der Waals surface area contributed by atoms with Gasteiger partial charge in [0.05, 0.1) is 42.5 Å². The Bertz CT molecular complexity index is 439. The Hall–Kier alpha value is -0.910. The number of aromatic nitrogens is 2. The third-order valence-electron chi connectivity index (χ3n) is 2.90. The van der Waals surface area contributed by atoms with E-state index in [4.69, 9.17) is 21.1 Å². The molecule has 1 aromatic heterocycles. The van der Waals surface area contributed by atoms with Gasteiger partial charge < -0.3 is 9.47 Å². The van der Waals surface area contributed by atoms with Crippen LogP contribution in [0.25, 0.3) is 0 Å². The van der Waals surface area contributed by atoms with Gasteiger partial charge in [-0.3, -0.25) is 9.48 Å². The molecule has 1 aliphatic rings. The second kappa shape index (κ2) is 5.82. The summed E-state index contributed by atoms with van der Waals surface area (Å²) in [5.41, 5.74) is 1.54. The quantitative estimate of drug-likeness (QED) is 0.819. The number of ether oxygens (including phenoxy) is 2. The fourth-order valence-electron chi connectivity index (χ4n) is 2.01. The van der Waals surface area contributed by atoms with Crippen LogP contribution >= 0.6 is 11.6 Å². The van der Waals surface area contributed by atoms with Gasteiger partial charge in [-0.15, -0.1) is 0 Å². The van der Waals surface area contributed by atoms with Crippen LogP contribution in [0.5, 0.6) is 0 Å². The molecule has 5 nitrogen and oxygen atoms in total. The number of halogens is 1. The molecule has 1 saturated heterocycles. The highest BCUT2D eigenvalue weighted by molar-refractivity contribution is 6.32. The van der Waals surface area contributed by atoms with E-state index in [1.165, 1.54) is 0 Å². The molecule has 0 bridgehead atoms. The normalized spacial score (nSPS) is 16.4. The summed E-state index contributed by atoms with van der Waals surface area (Å²) in [6, 6.07) is 0. The van der Waals surface area contributed by atoms with Gasteiger partial charge in [0.25, 0.3) is 0 Å². The molecule has 18 heavy (non-hydrogen) atoms. The molecule has 0 amide bonds. The number of carbonyl (C=O) groups excluding carboxylic acids is 1. The highest BCUT2D eigenvalue weighted by atomic mass is 35.5. The van der Waals surface area contributed by atoms with Crippen molar-refractivity contribution in [1.82, 2.24) is 9.78 Å². The third-order valence-corrected chi connectivity index (χ3v) is 3.39. The molecule has 0 radical (unpaired) electrons. The minimum atomic E-state index is -0.393. The summed E-state index contributed by atoms with van der Waals surface area (Å²) in [6.07, 6.45) is 0.149. The molecule has 2 rings (SSSR count). The molecule has 0 spiro atoms. The molecule has 0 aliphatic carbocycles. The van der Waals surface area contributed by atoms with Gasteiger partial charge in [0.1, 0.15) is 5.78 Å². The van der Waals surface area contributed by atoms with Crippen LogP contribution in [0, 0.1) is 6.92 Å². The van der Waals surface area contributed by atoms with Crippen molar-refractivity contribution in [1.29, 1.82) is 0 Å². The zero-order valence-electron chi connectivity index (χ0n) is 10.6. The standard InChI is InChI=1S/C12H17ClN2O3/c1-3-15-10(12(13)8(2)14-15)6-9(16)7-11-17-4-5-18-11/h11H,3-7H2,1-2H3. The van der Waals surface area contributed by atoms with E-state index in [9.17, 15) is 4.79 Å². The van der Waals surface area contributed by atoms with Crippen molar-refractivity contribution >= 4 is 17.4 Å². The van der Waals surface area contributed by atoms with E-state index in [0.29, 0.717) is 24.8 Å². The molecule has 0 N–H and O–H groups in total. The summed E-state index contributed by atoms with van der Waals surface area (Å²) in [5.74, 6) is 0.0541. The van der Waals surface area contributed by atoms with Gasteiger partial charge in [0.2, 0.25) is 0 Å². The largest absolute Gasteiger partial charge is 0.350 e. The van der Waals surface area contributed by atoms with Crippen LogP contribution in [0.15, 0.2) is 0 Å². The number of nitrogens with zero attached hydrogens (tertiary/aromatic N) is 2. The number of hydrogen-bond donors (Lipinski definition) is 0. The summed E-state index contributed by atoms with van der Waals surface area (Å²) >= 11 is 6.16. The lowest BCUT2D eigenvalue weighted by Gasteiger charge is -2.09. The van der Waals surface area contributed by atoms with Crippen molar-refractivity contribution in [3.63, 3.8) is 0 Å². The molecule has 100 valence electrons. The monoisotopic (exact) mass is 272 g/mol. The number of ketones is 1. The number of Topliss-reactive ketones (excluding diaryl/α,β-unsaturated/α-hetero) is 1. The predicted molar refractivity (Wildman–Crippen MR) is 66.7 cm³/mol. The van der Waals surface area contributed by atoms with E-state index in [2.05, 4.69) is 5.10 Å². The molecule has 0 unspecified atom stereocenters. The first-order valence-electron chi connectivity index (χ1n) is 6.08. The molecular formula is C12H17ClN2O3. The maximum absolute atomic E-state index is 11.9. The highest BCUT2D eigenvalue weighted by Crippen LogP contribution is 2.22. The highest BCUT2D eigenvalue weighted by Gasteiger charge is 2.22. The lowest BCUT2D eigenvalue weighted by molar-refractivity contribution is -0.126.